The fourth-order valence-electron chi connectivity index (χ4n) is 3.77. The molecule has 1 saturated heterocycles. The Morgan fingerprint density at radius 3 is 2.25 bits per heavy atom. The van der Waals surface area contributed by atoms with Gasteiger partial charge in [-0.25, -0.2) is 0 Å². The summed E-state index contributed by atoms with van der Waals surface area (Å²) in [6.45, 7) is 10.1. The quantitative estimate of drug-likeness (QED) is 0.563. The van der Waals surface area contributed by atoms with Gasteiger partial charge in [-0.05, 0) is 62.2 Å². The van der Waals surface area contributed by atoms with E-state index in [1.165, 1.54) is 34.1 Å². The predicted octanol–water partition coefficient (Wildman–Crippen LogP) is 4.46. The van der Waals surface area contributed by atoms with Gasteiger partial charge in [0.25, 0.3) is 0 Å². The summed E-state index contributed by atoms with van der Waals surface area (Å²) in [7, 11) is 0. The van der Waals surface area contributed by atoms with Crippen LogP contribution >= 0.6 is 11.8 Å². The predicted molar refractivity (Wildman–Crippen MR) is 133 cm³/mol. The van der Waals surface area contributed by atoms with E-state index in [4.69, 9.17) is 0 Å². The molecule has 2 heterocycles. The third kappa shape index (κ3) is 5.59. The first kappa shape index (κ1) is 22.1. The molecule has 0 unspecified atom stereocenters. The second-order valence-corrected chi connectivity index (χ2v) is 9.19. The lowest BCUT2D eigenvalue weighted by Crippen LogP contribution is -2.47. The Bertz CT molecular complexity index is 1060. The van der Waals surface area contributed by atoms with E-state index in [9.17, 15) is 4.79 Å². The lowest BCUT2D eigenvalue weighted by Gasteiger charge is -2.37. The third-order valence-electron chi connectivity index (χ3n) is 5.62. The second-order valence-electron chi connectivity index (χ2n) is 8.20. The maximum atomic E-state index is 12.2. The number of piperazine rings is 1. The molecule has 166 valence electrons. The Morgan fingerprint density at radius 2 is 1.56 bits per heavy atom. The number of carbonyl (C=O) groups is 1. The Morgan fingerprint density at radius 1 is 0.875 bits per heavy atom. The highest BCUT2D eigenvalue weighted by Crippen LogP contribution is 2.24. The number of hydrogen-bond donors (Lipinski definition) is 1. The van der Waals surface area contributed by atoms with Crippen molar-refractivity contribution in [3.63, 3.8) is 0 Å². The van der Waals surface area contributed by atoms with Gasteiger partial charge in [-0.2, -0.15) is 0 Å². The third-order valence-corrected chi connectivity index (χ3v) is 6.54. The number of aromatic nitrogens is 2. The summed E-state index contributed by atoms with van der Waals surface area (Å²) < 4.78 is 0. The molecule has 6 nitrogen and oxygen atoms in total. The standard InChI is InChI=1S/C25H29N5OS/c1-18-5-8-21(9-6-18)26-24(31)17-32-25-11-10-23(27-28-25)30-14-12-29(13-15-30)22-16-19(2)4-7-20(22)3/h4-11,16H,12-15,17H2,1-3H3,(H,26,31). The van der Waals surface area contributed by atoms with Crippen LogP contribution in [0.4, 0.5) is 17.2 Å². The summed E-state index contributed by atoms with van der Waals surface area (Å²) in [6.07, 6.45) is 0. The van der Waals surface area contributed by atoms with Crippen molar-refractivity contribution in [2.24, 2.45) is 0 Å². The van der Waals surface area contributed by atoms with E-state index in [0.29, 0.717) is 5.75 Å². The highest BCUT2D eigenvalue weighted by atomic mass is 32.2. The molecule has 32 heavy (non-hydrogen) atoms. The van der Waals surface area contributed by atoms with Gasteiger partial charge >= 0.3 is 0 Å². The van der Waals surface area contributed by atoms with E-state index >= 15 is 0 Å². The molecule has 2 aromatic carbocycles. The van der Waals surface area contributed by atoms with Crippen LogP contribution in [0.1, 0.15) is 16.7 Å². The van der Waals surface area contributed by atoms with Crippen molar-refractivity contribution in [1.29, 1.82) is 0 Å². The molecule has 1 fully saturated rings. The number of anilines is 3. The number of nitrogens with one attached hydrogen (secondary N) is 1. The SMILES string of the molecule is Cc1ccc(NC(=O)CSc2ccc(N3CCN(c4cc(C)ccc4C)CC3)nn2)cc1. The first-order valence-corrected chi connectivity index (χ1v) is 11.9. The van der Waals surface area contributed by atoms with Crippen molar-refractivity contribution < 1.29 is 4.79 Å². The first-order valence-electron chi connectivity index (χ1n) is 10.9. The van der Waals surface area contributed by atoms with Gasteiger partial charge in [0.1, 0.15) is 5.03 Å². The lowest BCUT2D eigenvalue weighted by molar-refractivity contribution is -0.113. The van der Waals surface area contributed by atoms with Crippen molar-refractivity contribution >= 4 is 34.9 Å². The Kier molecular flexibility index (Phi) is 6.95. The molecule has 0 atom stereocenters. The molecule has 0 spiro atoms. The van der Waals surface area contributed by atoms with Gasteiger partial charge < -0.3 is 15.1 Å². The van der Waals surface area contributed by atoms with Gasteiger partial charge in [-0.1, -0.05) is 41.6 Å². The van der Waals surface area contributed by atoms with Gasteiger partial charge in [0.2, 0.25) is 5.91 Å². The van der Waals surface area contributed by atoms with Gasteiger partial charge in [-0.15, -0.1) is 10.2 Å². The maximum absolute atomic E-state index is 12.2. The molecule has 0 aliphatic carbocycles. The zero-order chi connectivity index (χ0) is 22.5. The molecule has 1 aliphatic heterocycles. The van der Waals surface area contributed by atoms with Crippen LogP contribution in [0.3, 0.4) is 0 Å². The minimum absolute atomic E-state index is 0.0488. The topological polar surface area (TPSA) is 61.4 Å². The van der Waals surface area contributed by atoms with E-state index in [-0.39, 0.29) is 5.91 Å². The number of amides is 1. The first-order chi connectivity index (χ1) is 15.5. The molecular weight excluding hydrogens is 418 g/mol. The van der Waals surface area contributed by atoms with Gasteiger partial charge in [0.05, 0.1) is 5.75 Å². The molecule has 1 aromatic heterocycles. The Balaban J connectivity index is 1.27. The van der Waals surface area contributed by atoms with Crippen LogP contribution in [0.5, 0.6) is 0 Å². The highest BCUT2D eigenvalue weighted by molar-refractivity contribution is 7.99. The zero-order valence-corrected chi connectivity index (χ0v) is 19.7. The highest BCUT2D eigenvalue weighted by Gasteiger charge is 2.20. The molecule has 4 rings (SSSR count). The summed E-state index contributed by atoms with van der Waals surface area (Å²) in [5.74, 6) is 1.14. The van der Waals surface area contributed by atoms with Crippen molar-refractivity contribution in [2.45, 2.75) is 25.8 Å². The number of hydrogen-bond acceptors (Lipinski definition) is 6. The largest absolute Gasteiger partial charge is 0.368 e. The molecule has 7 heteroatoms. The summed E-state index contributed by atoms with van der Waals surface area (Å²) in [6, 6.07) is 18.4. The second kappa shape index (κ2) is 10.0. The van der Waals surface area contributed by atoms with Crippen molar-refractivity contribution in [1.82, 2.24) is 10.2 Å². The number of nitrogens with zero attached hydrogens (tertiary/aromatic N) is 4. The van der Waals surface area contributed by atoms with Crippen LogP contribution in [-0.4, -0.2) is 48.0 Å². The van der Waals surface area contributed by atoms with Crippen molar-refractivity contribution in [3.05, 3.63) is 71.3 Å². The normalized spacial score (nSPS) is 13.8. The van der Waals surface area contributed by atoms with Crippen LogP contribution in [0.15, 0.2) is 59.6 Å². The van der Waals surface area contributed by atoms with Gasteiger partial charge in [-0.3, -0.25) is 4.79 Å². The van der Waals surface area contributed by atoms with Gasteiger partial charge in [0, 0.05) is 37.6 Å². The number of benzene rings is 2. The molecule has 3 aromatic rings. The number of thioether (sulfide) groups is 1. The Hall–Kier alpha value is -3.06. The van der Waals surface area contributed by atoms with Gasteiger partial charge in [0.15, 0.2) is 5.82 Å². The average molecular weight is 448 g/mol. The summed E-state index contributed by atoms with van der Waals surface area (Å²) >= 11 is 1.39. The smallest absolute Gasteiger partial charge is 0.234 e. The number of rotatable bonds is 6. The minimum atomic E-state index is -0.0488. The molecule has 1 N–H and O–H groups in total. The lowest BCUT2D eigenvalue weighted by atomic mass is 10.1. The number of carbonyl (C=O) groups excluding carboxylic acids is 1. The van der Waals surface area contributed by atoms with Crippen LogP contribution in [0.2, 0.25) is 0 Å². The van der Waals surface area contributed by atoms with Crippen LogP contribution < -0.4 is 15.1 Å². The average Bonchev–Trinajstić information content (AvgIpc) is 2.81. The van der Waals surface area contributed by atoms with Crippen LogP contribution in [0, 0.1) is 20.8 Å². The molecule has 1 aliphatic rings. The molecule has 1 amide bonds. The summed E-state index contributed by atoms with van der Waals surface area (Å²) in [5.41, 5.74) is 5.91. The molecule has 0 bridgehead atoms. The van der Waals surface area contributed by atoms with E-state index in [1.54, 1.807) is 0 Å². The summed E-state index contributed by atoms with van der Waals surface area (Å²) in [5, 5.41) is 12.4. The zero-order valence-electron chi connectivity index (χ0n) is 18.8. The number of aryl methyl sites for hydroxylation is 3. The van der Waals surface area contributed by atoms with E-state index in [2.05, 4.69) is 57.4 Å². The molecular formula is C25H29N5OS. The van der Waals surface area contributed by atoms with Crippen molar-refractivity contribution in [3.8, 4) is 0 Å². The fourth-order valence-corrected chi connectivity index (χ4v) is 4.38. The minimum Gasteiger partial charge on any atom is -0.368 e. The van der Waals surface area contributed by atoms with E-state index < -0.39 is 0 Å². The Labute approximate surface area is 194 Å². The van der Waals surface area contributed by atoms with E-state index in [0.717, 1.165) is 42.7 Å². The molecule has 0 radical (unpaired) electrons. The van der Waals surface area contributed by atoms with E-state index in [1.807, 2.05) is 43.3 Å². The van der Waals surface area contributed by atoms with Crippen molar-refractivity contribution in [2.75, 3.05) is 47.0 Å². The maximum Gasteiger partial charge on any atom is 0.234 e. The van der Waals surface area contributed by atoms with Crippen LogP contribution in [-0.2, 0) is 4.79 Å². The summed E-state index contributed by atoms with van der Waals surface area (Å²) in [4.78, 5) is 16.9. The fraction of sp³-hybridized carbons (Fsp3) is 0.320. The monoisotopic (exact) mass is 447 g/mol. The molecule has 0 saturated carbocycles. The van der Waals surface area contributed by atoms with Crippen LogP contribution in [0.25, 0.3) is 0 Å².